The summed E-state index contributed by atoms with van der Waals surface area (Å²) in [7, 11) is 5.77. The van der Waals surface area contributed by atoms with Crippen molar-refractivity contribution in [3.8, 4) is 16.9 Å². The standard InChI is InChI=1S/C25H32N4O2/c1-26-10-11-29(2)16-19-12-17(8-9-23(19)30)18-13-21-22(15-28-25(21)27-14-18)20-6-4-5-7-24(20)31-3/h4-9,13,15,19,26-28,30H,10-12,14,16H2,1-3H3. The van der Waals surface area contributed by atoms with E-state index in [1.165, 1.54) is 11.1 Å². The summed E-state index contributed by atoms with van der Waals surface area (Å²) < 4.78 is 5.58. The Hall–Kier alpha value is -2.96. The Bertz CT molecular complexity index is 1020. The second-order valence-electron chi connectivity index (χ2n) is 8.26. The molecular formula is C25H32N4O2. The number of ether oxygens (including phenoxy) is 1. The molecule has 4 rings (SSSR count). The third kappa shape index (κ3) is 4.55. The predicted octanol–water partition coefficient (Wildman–Crippen LogP) is 4.04. The Morgan fingerprint density at radius 1 is 1.19 bits per heavy atom. The molecule has 0 radical (unpaired) electrons. The molecule has 0 bridgehead atoms. The molecule has 6 heteroatoms. The van der Waals surface area contributed by atoms with Crippen molar-refractivity contribution < 1.29 is 9.84 Å². The number of benzene rings is 1. The van der Waals surface area contributed by atoms with E-state index >= 15 is 0 Å². The van der Waals surface area contributed by atoms with E-state index in [0.717, 1.165) is 60.9 Å². The third-order valence-electron chi connectivity index (χ3n) is 6.12. The van der Waals surface area contributed by atoms with Crippen molar-refractivity contribution >= 4 is 11.9 Å². The molecule has 2 heterocycles. The number of nitrogens with zero attached hydrogens (tertiary/aromatic N) is 1. The molecule has 4 N–H and O–H groups in total. The van der Waals surface area contributed by atoms with Crippen LogP contribution in [0.5, 0.6) is 5.75 Å². The van der Waals surface area contributed by atoms with Crippen LogP contribution >= 0.6 is 0 Å². The highest BCUT2D eigenvalue weighted by Crippen LogP contribution is 2.40. The molecular weight excluding hydrogens is 388 g/mol. The third-order valence-corrected chi connectivity index (χ3v) is 6.12. The maximum absolute atomic E-state index is 10.5. The van der Waals surface area contributed by atoms with Crippen LogP contribution in [0.25, 0.3) is 17.2 Å². The summed E-state index contributed by atoms with van der Waals surface area (Å²) in [4.78, 5) is 5.64. The van der Waals surface area contributed by atoms with Gasteiger partial charge in [0.15, 0.2) is 0 Å². The number of allylic oxidation sites excluding steroid dienone is 2. The number of H-pyrrole nitrogens is 1. The number of aromatic nitrogens is 1. The fraction of sp³-hybridized carbons (Fsp3) is 0.360. The molecule has 0 amide bonds. The number of aliphatic hydroxyl groups excluding tert-OH is 1. The largest absolute Gasteiger partial charge is 0.512 e. The van der Waals surface area contributed by atoms with Gasteiger partial charge in [-0.1, -0.05) is 24.3 Å². The second-order valence-corrected chi connectivity index (χ2v) is 8.26. The summed E-state index contributed by atoms with van der Waals surface area (Å²) in [6.45, 7) is 3.50. The lowest BCUT2D eigenvalue weighted by atomic mass is 9.86. The zero-order valence-electron chi connectivity index (χ0n) is 18.5. The molecule has 31 heavy (non-hydrogen) atoms. The zero-order valence-corrected chi connectivity index (χ0v) is 18.5. The van der Waals surface area contributed by atoms with E-state index in [-0.39, 0.29) is 5.92 Å². The lowest BCUT2D eigenvalue weighted by Crippen LogP contribution is -2.33. The molecule has 0 saturated heterocycles. The van der Waals surface area contributed by atoms with E-state index in [0.29, 0.717) is 5.76 Å². The Labute approximate surface area is 184 Å². The average molecular weight is 421 g/mol. The van der Waals surface area contributed by atoms with Crippen LogP contribution in [0.1, 0.15) is 12.0 Å². The maximum Gasteiger partial charge on any atom is 0.126 e. The number of nitrogens with one attached hydrogen (secondary N) is 3. The first-order valence-electron chi connectivity index (χ1n) is 10.8. The molecule has 2 aromatic rings. The van der Waals surface area contributed by atoms with Crippen LogP contribution in [0.15, 0.2) is 59.5 Å². The maximum atomic E-state index is 10.5. The summed E-state index contributed by atoms with van der Waals surface area (Å²) in [6.07, 6.45) is 9.07. The number of anilines is 1. The van der Waals surface area contributed by atoms with Gasteiger partial charge in [-0.05, 0) is 49.9 Å². The predicted molar refractivity (Wildman–Crippen MR) is 128 cm³/mol. The second kappa shape index (κ2) is 9.45. The van der Waals surface area contributed by atoms with Crippen molar-refractivity contribution in [2.45, 2.75) is 6.42 Å². The van der Waals surface area contributed by atoms with Crippen LogP contribution in [0, 0.1) is 5.92 Å². The van der Waals surface area contributed by atoms with Crippen molar-refractivity contribution in [1.29, 1.82) is 0 Å². The van der Waals surface area contributed by atoms with E-state index in [1.807, 2.05) is 37.5 Å². The van der Waals surface area contributed by atoms with Crippen molar-refractivity contribution in [3.05, 3.63) is 65.1 Å². The molecule has 1 aliphatic carbocycles. The molecule has 1 aliphatic heterocycles. The van der Waals surface area contributed by atoms with E-state index in [2.05, 4.69) is 45.8 Å². The number of rotatable bonds is 8. The van der Waals surface area contributed by atoms with E-state index in [4.69, 9.17) is 4.74 Å². The highest BCUT2D eigenvalue weighted by Gasteiger charge is 2.25. The van der Waals surface area contributed by atoms with Gasteiger partial charge >= 0.3 is 0 Å². The average Bonchev–Trinajstić information content (AvgIpc) is 3.22. The van der Waals surface area contributed by atoms with Crippen molar-refractivity contribution in [1.82, 2.24) is 15.2 Å². The van der Waals surface area contributed by atoms with E-state index < -0.39 is 0 Å². The minimum Gasteiger partial charge on any atom is -0.512 e. The Kier molecular flexibility index (Phi) is 6.49. The number of hydrogen-bond donors (Lipinski definition) is 4. The van der Waals surface area contributed by atoms with Crippen molar-refractivity contribution in [3.63, 3.8) is 0 Å². The van der Waals surface area contributed by atoms with Gasteiger partial charge in [0.1, 0.15) is 11.6 Å². The minimum absolute atomic E-state index is 0.115. The van der Waals surface area contributed by atoms with E-state index in [1.54, 1.807) is 7.11 Å². The molecule has 2 aliphatic rings. The first-order valence-corrected chi connectivity index (χ1v) is 10.8. The van der Waals surface area contributed by atoms with Crippen LogP contribution < -0.4 is 15.4 Å². The fourth-order valence-corrected chi connectivity index (χ4v) is 4.36. The number of methoxy groups -OCH3 is 1. The highest BCUT2D eigenvalue weighted by molar-refractivity contribution is 5.87. The number of hydrogen-bond acceptors (Lipinski definition) is 5. The summed E-state index contributed by atoms with van der Waals surface area (Å²) in [5.74, 6) is 2.48. The lowest BCUT2D eigenvalue weighted by molar-refractivity contribution is 0.241. The molecule has 1 aromatic heterocycles. The first-order chi connectivity index (χ1) is 15.1. The number of fused-ring (bicyclic) bond motifs is 1. The Morgan fingerprint density at radius 2 is 2.03 bits per heavy atom. The van der Waals surface area contributed by atoms with E-state index in [9.17, 15) is 5.11 Å². The van der Waals surface area contributed by atoms with Gasteiger partial charge in [0.2, 0.25) is 0 Å². The smallest absolute Gasteiger partial charge is 0.126 e. The normalized spacial score (nSPS) is 18.1. The van der Waals surface area contributed by atoms with Crippen molar-refractivity contribution in [2.75, 3.05) is 52.7 Å². The molecule has 0 fully saturated rings. The first kappa shape index (κ1) is 21.3. The van der Waals surface area contributed by atoms with Gasteiger partial charge in [-0.3, -0.25) is 0 Å². The van der Waals surface area contributed by atoms with Gasteiger partial charge in [-0.2, -0.15) is 0 Å². The number of aliphatic hydroxyl groups is 1. The van der Waals surface area contributed by atoms with Gasteiger partial charge in [0, 0.05) is 55.0 Å². The quantitative estimate of drug-likeness (QED) is 0.519. The summed E-state index contributed by atoms with van der Waals surface area (Å²) in [5, 5.41) is 17.2. The molecule has 0 saturated carbocycles. The summed E-state index contributed by atoms with van der Waals surface area (Å²) in [5.41, 5.74) is 5.87. The Morgan fingerprint density at radius 3 is 2.84 bits per heavy atom. The minimum atomic E-state index is 0.115. The van der Waals surface area contributed by atoms with Gasteiger partial charge < -0.3 is 30.4 Å². The van der Waals surface area contributed by atoms with Crippen molar-refractivity contribution in [2.24, 2.45) is 5.92 Å². The van der Waals surface area contributed by atoms with Gasteiger partial charge in [-0.15, -0.1) is 0 Å². The van der Waals surface area contributed by atoms with Gasteiger partial charge in [-0.25, -0.2) is 0 Å². The number of aromatic amines is 1. The number of likely N-dealkylation sites (N-methyl/N-ethyl adjacent to an activating group) is 2. The molecule has 1 atom stereocenters. The van der Waals surface area contributed by atoms with Crippen LogP contribution in [-0.4, -0.2) is 62.4 Å². The van der Waals surface area contributed by atoms with Crippen LogP contribution in [-0.2, 0) is 0 Å². The molecule has 6 nitrogen and oxygen atoms in total. The van der Waals surface area contributed by atoms with Crippen LogP contribution in [0.2, 0.25) is 0 Å². The molecule has 0 spiro atoms. The Balaban J connectivity index is 1.58. The highest BCUT2D eigenvalue weighted by atomic mass is 16.5. The fourth-order valence-electron chi connectivity index (χ4n) is 4.36. The monoisotopic (exact) mass is 420 g/mol. The topological polar surface area (TPSA) is 72.5 Å². The number of para-hydroxylation sites is 1. The molecule has 164 valence electrons. The summed E-state index contributed by atoms with van der Waals surface area (Å²) >= 11 is 0. The van der Waals surface area contributed by atoms with Gasteiger partial charge in [0.25, 0.3) is 0 Å². The molecule has 1 unspecified atom stereocenters. The SMILES string of the molecule is CNCCN(C)CC1CC(C2=Cc3c(-c4ccccc4OC)c[nH]c3NC2)=CC=C1O. The van der Waals surface area contributed by atoms with Crippen LogP contribution in [0.4, 0.5) is 5.82 Å². The lowest BCUT2D eigenvalue weighted by Gasteiger charge is -2.28. The zero-order chi connectivity index (χ0) is 21.8. The van der Waals surface area contributed by atoms with Crippen LogP contribution in [0.3, 0.4) is 0 Å². The summed E-state index contributed by atoms with van der Waals surface area (Å²) in [6, 6.07) is 8.09. The van der Waals surface area contributed by atoms with Gasteiger partial charge in [0.05, 0.1) is 12.9 Å². The molecule has 1 aromatic carbocycles.